The zero-order chi connectivity index (χ0) is 18.8. The summed E-state index contributed by atoms with van der Waals surface area (Å²) in [6.07, 6.45) is 1.88. The van der Waals surface area contributed by atoms with E-state index in [1.807, 2.05) is 30.3 Å². The Morgan fingerprint density at radius 2 is 2.22 bits per heavy atom. The van der Waals surface area contributed by atoms with Crippen molar-refractivity contribution in [1.29, 1.82) is 0 Å². The third-order valence-electron chi connectivity index (χ3n) is 5.07. The highest BCUT2D eigenvalue weighted by molar-refractivity contribution is 6.30. The fraction of sp³-hybridized carbons (Fsp3) is 0.333. The highest BCUT2D eigenvalue weighted by Crippen LogP contribution is 2.24. The maximum absolute atomic E-state index is 12.6. The van der Waals surface area contributed by atoms with Gasteiger partial charge in [0.15, 0.2) is 0 Å². The number of nitrogens with zero attached hydrogens (tertiary/aromatic N) is 2. The van der Waals surface area contributed by atoms with Crippen LogP contribution in [0.2, 0.25) is 5.02 Å². The van der Waals surface area contributed by atoms with E-state index in [1.54, 1.807) is 0 Å². The Morgan fingerprint density at radius 1 is 1.33 bits per heavy atom. The van der Waals surface area contributed by atoms with E-state index in [0.29, 0.717) is 18.1 Å². The van der Waals surface area contributed by atoms with Crippen LogP contribution in [-0.2, 0) is 11.3 Å². The van der Waals surface area contributed by atoms with Crippen molar-refractivity contribution < 1.29 is 4.79 Å². The second kappa shape index (κ2) is 7.61. The summed E-state index contributed by atoms with van der Waals surface area (Å²) in [5.41, 5.74) is 4.21. The van der Waals surface area contributed by atoms with E-state index in [9.17, 15) is 4.79 Å². The molecule has 2 heterocycles. The molecule has 3 aromatic rings. The molecule has 1 fully saturated rings. The number of amides is 1. The van der Waals surface area contributed by atoms with Crippen LogP contribution in [0.1, 0.15) is 24.0 Å². The fourth-order valence-electron chi connectivity index (χ4n) is 3.62. The van der Waals surface area contributed by atoms with Crippen LogP contribution in [0.3, 0.4) is 0 Å². The Labute approximate surface area is 163 Å². The Kier molecular flexibility index (Phi) is 5.03. The number of hydrogen-bond donors (Lipinski definition) is 2. The van der Waals surface area contributed by atoms with Crippen molar-refractivity contribution in [2.45, 2.75) is 26.3 Å². The van der Waals surface area contributed by atoms with Gasteiger partial charge in [-0.3, -0.25) is 4.79 Å². The average molecular weight is 383 g/mol. The molecule has 27 heavy (non-hydrogen) atoms. The molecule has 1 amide bonds. The summed E-state index contributed by atoms with van der Waals surface area (Å²) in [6, 6.07) is 13.8. The first-order valence-electron chi connectivity index (χ1n) is 9.32. The number of piperidine rings is 1. The lowest BCUT2D eigenvalue weighted by Gasteiger charge is -2.31. The maximum Gasteiger partial charge on any atom is 0.225 e. The lowest BCUT2D eigenvalue weighted by atomic mass is 9.97. The molecule has 0 unspecified atom stereocenters. The van der Waals surface area contributed by atoms with E-state index in [0.717, 1.165) is 41.9 Å². The highest BCUT2D eigenvalue weighted by Gasteiger charge is 2.27. The van der Waals surface area contributed by atoms with Crippen LogP contribution in [0.4, 0.5) is 5.95 Å². The Balaban J connectivity index is 1.41. The van der Waals surface area contributed by atoms with Crippen molar-refractivity contribution >= 4 is 34.5 Å². The molecule has 0 aliphatic carbocycles. The fourth-order valence-corrected chi connectivity index (χ4v) is 3.84. The largest absolute Gasteiger partial charge is 0.352 e. The Hall–Kier alpha value is -2.53. The molecule has 4 rings (SSSR count). The average Bonchev–Trinajstić information content (AvgIpc) is 3.09. The third kappa shape index (κ3) is 4.08. The van der Waals surface area contributed by atoms with Gasteiger partial charge < -0.3 is 15.2 Å². The van der Waals surface area contributed by atoms with Crippen molar-refractivity contribution in [2.75, 3.05) is 18.0 Å². The molecule has 2 aromatic carbocycles. The lowest BCUT2D eigenvalue weighted by Crippen LogP contribution is -2.43. The van der Waals surface area contributed by atoms with Gasteiger partial charge in [0.25, 0.3) is 0 Å². The Morgan fingerprint density at radius 3 is 3.07 bits per heavy atom. The number of imidazole rings is 1. The van der Waals surface area contributed by atoms with Gasteiger partial charge in [-0.2, -0.15) is 0 Å². The SMILES string of the molecule is Cc1ccc2nc(N3CCC[C@H](C(=O)NCc4cccc(Cl)c4)C3)[nH]c2c1. The monoisotopic (exact) mass is 382 g/mol. The number of carbonyl (C=O) groups is 1. The van der Waals surface area contributed by atoms with Gasteiger partial charge in [-0.25, -0.2) is 4.98 Å². The van der Waals surface area contributed by atoms with Crippen LogP contribution in [0.25, 0.3) is 11.0 Å². The number of fused-ring (bicyclic) bond motifs is 1. The molecular weight excluding hydrogens is 360 g/mol. The predicted octanol–water partition coefficient (Wildman–Crippen LogP) is 4.06. The van der Waals surface area contributed by atoms with Crippen molar-refractivity contribution in [2.24, 2.45) is 5.92 Å². The van der Waals surface area contributed by atoms with E-state index >= 15 is 0 Å². The third-order valence-corrected chi connectivity index (χ3v) is 5.31. The van der Waals surface area contributed by atoms with Crippen LogP contribution in [0.5, 0.6) is 0 Å². The number of rotatable bonds is 4. The van der Waals surface area contributed by atoms with E-state index in [-0.39, 0.29) is 11.8 Å². The quantitative estimate of drug-likeness (QED) is 0.715. The summed E-state index contributed by atoms with van der Waals surface area (Å²) in [4.78, 5) is 22.9. The predicted molar refractivity (Wildman–Crippen MR) is 109 cm³/mol. The minimum atomic E-state index is -0.0344. The summed E-state index contributed by atoms with van der Waals surface area (Å²) in [5.74, 6) is 0.905. The molecule has 0 spiro atoms. The molecule has 1 aliphatic heterocycles. The van der Waals surface area contributed by atoms with E-state index in [2.05, 4.69) is 34.3 Å². The number of halogens is 1. The van der Waals surface area contributed by atoms with E-state index < -0.39 is 0 Å². The summed E-state index contributed by atoms with van der Waals surface area (Å²) in [7, 11) is 0. The zero-order valence-corrected chi connectivity index (χ0v) is 16.1. The number of aromatic nitrogens is 2. The lowest BCUT2D eigenvalue weighted by molar-refractivity contribution is -0.125. The van der Waals surface area contributed by atoms with Gasteiger partial charge in [-0.15, -0.1) is 0 Å². The first-order valence-corrected chi connectivity index (χ1v) is 9.70. The molecule has 0 saturated carbocycles. The van der Waals surface area contributed by atoms with Gasteiger partial charge >= 0.3 is 0 Å². The van der Waals surface area contributed by atoms with Crippen molar-refractivity contribution in [3.05, 3.63) is 58.6 Å². The van der Waals surface area contributed by atoms with Crippen molar-refractivity contribution in [3.8, 4) is 0 Å². The highest BCUT2D eigenvalue weighted by atomic mass is 35.5. The van der Waals surface area contributed by atoms with Crippen molar-refractivity contribution in [3.63, 3.8) is 0 Å². The molecule has 140 valence electrons. The second-order valence-electron chi connectivity index (χ2n) is 7.21. The summed E-state index contributed by atoms with van der Waals surface area (Å²) in [6.45, 7) is 4.16. The molecule has 1 aliphatic rings. The maximum atomic E-state index is 12.6. The van der Waals surface area contributed by atoms with Crippen LogP contribution < -0.4 is 10.2 Å². The molecule has 1 saturated heterocycles. The number of anilines is 1. The molecule has 6 heteroatoms. The van der Waals surface area contributed by atoms with Gasteiger partial charge in [-0.1, -0.05) is 29.8 Å². The number of carbonyl (C=O) groups excluding carboxylic acids is 1. The number of hydrogen-bond acceptors (Lipinski definition) is 3. The minimum Gasteiger partial charge on any atom is -0.352 e. The molecule has 1 aromatic heterocycles. The second-order valence-corrected chi connectivity index (χ2v) is 7.65. The minimum absolute atomic E-state index is 0.0344. The Bertz CT molecular complexity index is 968. The normalized spacial score (nSPS) is 17.3. The molecule has 5 nitrogen and oxygen atoms in total. The van der Waals surface area contributed by atoms with Crippen LogP contribution in [0.15, 0.2) is 42.5 Å². The number of aryl methyl sites for hydroxylation is 1. The first-order chi connectivity index (χ1) is 13.1. The van der Waals surface area contributed by atoms with E-state index in [1.165, 1.54) is 5.56 Å². The smallest absolute Gasteiger partial charge is 0.225 e. The summed E-state index contributed by atoms with van der Waals surface area (Å²) < 4.78 is 0. The first kappa shape index (κ1) is 17.9. The molecule has 0 radical (unpaired) electrons. The van der Waals surface area contributed by atoms with Gasteiger partial charge in [0, 0.05) is 24.7 Å². The zero-order valence-electron chi connectivity index (χ0n) is 15.3. The number of H-pyrrole nitrogens is 1. The van der Waals surface area contributed by atoms with Crippen molar-refractivity contribution in [1.82, 2.24) is 15.3 Å². The van der Waals surface area contributed by atoms with Crippen LogP contribution in [-0.4, -0.2) is 29.0 Å². The van der Waals surface area contributed by atoms with E-state index in [4.69, 9.17) is 16.6 Å². The van der Waals surface area contributed by atoms with Gasteiger partial charge in [0.1, 0.15) is 0 Å². The molecule has 1 atom stereocenters. The number of benzene rings is 2. The van der Waals surface area contributed by atoms with Gasteiger partial charge in [-0.05, 0) is 55.2 Å². The summed E-state index contributed by atoms with van der Waals surface area (Å²) >= 11 is 6.01. The van der Waals surface area contributed by atoms with Gasteiger partial charge in [0.2, 0.25) is 11.9 Å². The number of aromatic amines is 1. The summed E-state index contributed by atoms with van der Waals surface area (Å²) in [5, 5.41) is 3.73. The molecular formula is C21H23ClN4O. The van der Waals surface area contributed by atoms with Crippen LogP contribution in [0, 0.1) is 12.8 Å². The van der Waals surface area contributed by atoms with Gasteiger partial charge in [0.05, 0.1) is 17.0 Å². The molecule has 2 N–H and O–H groups in total. The van der Waals surface area contributed by atoms with Crippen LogP contribution >= 0.6 is 11.6 Å². The molecule has 0 bridgehead atoms. The standard InChI is InChI=1S/C21H23ClN4O/c1-14-7-8-18-19(10-14)25-21(24-18)26-9-3-5-16(13-26)20(27)23-12-15-4-2-6-17(22)11-15/h2,4,6-8,10-11,16H,3,5,9,12-13H2,1H3,(H,23,27)(H,24,25)/t16-/m0/s1. The topological polar surface area (TPSA) is 61.0 Å². The number of nitrogens with one attached hydrogen (secondary N) is 2.